The first-order chi connectivity index (χ1) is 12.6. The predicted molar refractivity (Wildman–Crippen MR) is 108 cm³/mol. The third-order valence-corrected chi connectivity index (χ3v) is 4.79. The van der Waals surface area contributed by atoms with Crippen molar-refractivity contribution in [1.29, 1.82) is 0 Å². The number of aryl methyl sites for hydroxylation is 1. The molecule has 136 valence electrons. The number of rotatable bonds is 6. The van der Waals surface area contributed by atoms with Crippen LogP contribution in [-0.4, -0.2) is 25.7 Å². The summed E-state index contributed by atoms with van der Waals surface area (Å²) in [5, 5.41) is 5.89. The van der Waals surface area contributed by atoms with Gasteiger partial charge in [0.05, 0.1) is 5.69 Å². The lowest BCUT2D eigenvalue weighted by Crippen LogP contribution is -2.29. The number of benzene rings is 2. The summed E-state index contributed by atoms with van der Waals surface area (Å²) >= 11 is 0. The van der Waals surface area contributed by atoms with Crippen molar-refractivity contribution in [3.05, 3.63) is 53.1 Å². The second kappa shape index (κ2) is 7.60. The van der Waals surface area contributed by atoms with Gasteiger partial charge in [-0.3, -0.25) is 4.79 Å². The summed E-state index contributed by atoms with van der Waals surface area (Å²) in [5.41, 5.74) is 12.1. The molecule has 1 amide bonds. The van der Waals surface area contributed by atoms with E-state index >= 15 is 0 Å². The molecule has 0 bridgehead atoms. The fourth-order valence-electron chi connectivity index (χ4n) is 3.07. The summed E-state index contributed by atoms with van der Waals surface area (Å²) in [4.78, 5) is 17.1. The number of nitrogen functional groups attached to an aromatic ring is 1. The third-order valence-electron chi connectivity index (χ3n) is 4.79. The Kier molecular flexibility index (Phi) is 5.26. The lowest BCUT2D eigenvalue weighted by Gasteiger charge is -2.15. The molecule has 2 aromatic carbocycles. The molecule has 1 aliphatic carbocycles. The first-order valence-electron chi connectivity index (χ1n) is 9.08. The van der Waals surface area contributed by atoms with Crippen LogP contribution >= 0.6 is 0 Å². The van der Waals surface area contributed by atoms with Gasteiger partial charge in [-0.2, -0.15) is 0 Å². The van der Waals surface area contributed by atoms with E-state index in [4.69, 9.17) is 5.73 Å². The Morgan fingerprint density at radius 1 is 1.19 bits per heavy atom. The molecule has 26 heavy (non-hydrogen) atoms. The molecule has 3 rings (SSSR count). The topological polar surface area (TPSA) is 79.5 Å². The van der Waals surface area contributed by atoms with E-state index in [0.29, 0.717) is 22.9 Å². The monoisotopic (exact) mass is 350 g/mol. The van der Waals surface area contributed by atoms with Crippen molar-refractivity contribution >= 4 is 28.7 Å². The summed E-state index contributed by atoms with van der Waals surface area (Å²) in [6.45, 7) is 2.11. The van der Waals surface area contributed by atoms with Crippen molar-refractivity contribution in [3.8, 4) is 0 Å². The predicted octanol–water partition coefficient (Wildman–Crippen LogP) is 3.62. The average Bonchev–Trinajstić information content (AvgIpc) is 3.51. The average molecular weight is 350 g/mol. The van der Waals surface area contributed by atoms with Crippen molar-refractivity contribution in [3.63, 3.8) is 0 Å². The van der Waals surface area contributed by atoms with Gasteiger partial charge in [0, 0.05) is 31.0 Å². The quantitative estimate of drug-likeness (QED) is 0.550. The molecule has 5 heteroatoms. The Bertz CT molecular complexity index is 836. The van der Waals surface area contributed by atoms with E-state index in [1.54, 1.807) is 7.05 Å². The molecular weight excluding hydrogens is 324 g/mol. The highest BCUT2D eigenvalue weighted by Gasteiger charge is 2.28. The van der Waals surface area contributed by atoms with Gasteiger partial charge in [0.1, 0.15) is 5.71 Å². The molecule has 0 aromatic heterocycles. The molecule has 0 saturated heterocycles. The molecule has 0 heterocycles. The van der Waals surface area contributed by atoms with Crippen molar-refractivity contribution in [2.45, 2.75) is 32.1 Å². The van der Waals surface area contributed by atoms with Crippen LogP contribution in [0.1, 0.15) is 42.4 Å². The summed E-state index contributed by atoms with van der Waals surface area (Å²) in [5.74, 6) is 0.293. The molecule has 1 fully saturated rings. The van der Waals surface area contributed by atoms with Gasteiger partial charge >= 0.3 is 0 Å². The third kappa shape index (κ3) is 3.72. The number of likely N-dealkylation sites (N-methyl/N-ethyl adjacent to an activating group) is 1. The highest BCUT2D eigenvalue weighted by Crippen LogP contribution is 2.44. The van der Waals surface area contributed by atoms with Crippen LogP contribution in [-0.2, 0) is 11.2 Å². The van der Waals surface area contributed by atoms with Crippen molar-refractivity contribution in [2.75, 3.05) is 25.1 Å². The Morgan fingerprint density at radius 3 is 2.42 bits per heavy atom. The largest absolute Gasteiger partial charge is 0.398 e. The normalized spacial score (nSPS) is 14.2. The number of amides is 1. The van der Waals surface area contributed by atoms with E-state index in [1.165, 1.54) is 24.0 Å². The van der Waals surface area contributed by atoms with E-state index in [-0.39, 0.29) is 5.91 Å². The Balaban J connectivity index is 2.09. The molecule has 0 unspecified atom stereocenters. The van der Waals surface area contributed by atoms with Gasteiger partial charge in [-0.15, -0.1) is 0 Å². The molecule has 0 radical (unpaired) electrons. The highest BCUT2D eigenvalue weighted by molar-refractivity contribution is 6.46. The fourth-order valence-corrected chi connectivity index (χ4v) is 3.07. The molecule has 5 nitrogen and oxygen atoms in total. The van der Waals surface area contributed by atoms with Crippen molar-refractivity contribution < 1.29 is 4.79 Å². The first-order valence-corrected chi connectivity index (χ1v) is 9.08. The summed E-state index contributed by atoms with van der Waals surface area (Å²) in [6.07, 6.45) is 3.31. The minimum absolute atomic E-state index is 0.241. The molecule has 4 N–H and O–H groups in total. The number of carbonyl (C=O) groups is 1. The zero-order valence-electron chi connectivity index (χ0n) is 15.6. The number of nitrogens with two attached hydrogens (primary N) is 1. The number of hydrogen-bond donors (Lipinski definition) is 3. The maximum Gasteiger partial charge on any atom is 0.270 e. The van der Waals surface area contributed by atoms with Crippen LogP contribution < -0.4 is 16.4 Å². The highest BCUT2D eigenvalue weighted by atomic mass is 16.1. The van der Waals surface area contributed by atoms with Crippen LogP contribution in [0.5, 0.6) is 0 Å². The fraction of sp³-hybridized carbons (Fsp3) is 0.333. The molecule has 0 spiro atoms. The lowest BCUT2D eigenvalue weighted by molar-refractivity contribution is -0.114. The van der Waals surface area contributed by atoms with E-state index < -0.39 is 0 Å². The maximum atomic E-state index is 12.5. The van der Waals surface area contributed by atoms with Crippen LogP contribution in [0.3, 0.4) is 0 Å². The van der Waals surface area contributed by atoms with Gasteiger partial charge in [0.15, 0.2) is 0 Å². The number of aliphatic imine (C=N–C) groups is 1. The number of carbonyl (C=O) groups excluding carboxylic acids is 1. The Labute approximate surface area is 154 Å². The minimum Gasteiger partial charge on any atom is -0.398 e. The van der Waals surface area contributed by atoms with Crippen LogP contribution in [0, 0.1) is 0 Å². The minimum atomic E-state index is -0.241. The molecule has 0 atom stereocenters. The number of nitrogens with one attached hydrogen (secondary N) is 2. The summed E-state index contributed by atoms with van der Waals surface area (Å²) in [6, 6.07) is 11.9. The lowest BCUT2D eigenvalue weighted by atomic mass is 9.99. The number of anilines is 2. The van der Waals surface area contributed by atoms with Gasteiger partial charge in [-0.05, 0) is 60.6 Å². The molecule has 2 aromatic rings. The number of nitrogens with zero attached hydrogens (tertiary/aromatic N) is 1. The van der Waals surface area contributed by atoms with Crippen LogP contribution in [0.25, 0.3) is 0 Å². The zero-order valence-corrected chi connectivity index (χ0v) is 15.6. The second-order valence-electron chi connectivity index (χ2n) is 6.61. The van der Waals surface area contributed by atoms with Crippen molar-refractivity contribution in [2.24, 2.45) is 4.99 Å². The first kappa shape index (κ1) is 18.0. The molecule has 0 aliphatic heterocycles. The number of hydrogen-bond acceptors (Lipinski definition) is 4. The van der Waals surface area contributed by atoms with Crippen molar-refractivity contribution in [1.82, 2.24) is 5.32 Å². The van der Waals surface area contributed by atoms with Gasteiger partial charge in [-0.25, -0.2) is 4.99 Å². The molecule has 1 saturated carbocycles. The van der Waals surface area contributed by atoms with Gasteiger partial charge < -0.3 is 16.4 Å². The smallest absolute Gasteiger partial charge is 0.270 e. The second-order valence-corrected chi connectivity index (χ2v) is 6.61. The van der Waals surface area contributed by atoms with E-state index in [9.17, 15) is 4.79 Å². The maximum absolute atomic E-state index is 12.5. The zero-order chi connectivity index (χ0) is 18.7. The van der Waals surface area contributed by atoms with E-state index in [1.807, 2.05) is 43.4 Å². The van der Waals surface area contributed by atoms with Gasteiger partial charge in [0.25, 0.3) is 5.91 Å². The standard InChI is InChI=1S/C21H26N4O/c1-4-13-5-9-15(10-6-13)25-20(21(26)24-3)17-11-16(14-7-8-14)19(23-2)12-18(17)22/h5-6,9-12,14,23H,4,7-8,22H2,1-3H3,(H,24,26). The van der Waals surface area contributed by atoms with Crippen LogP contribution in [0.4, 0.5) is 17.1 Å². The van der Waals surface area contributed by atoms with E-state index in [2.05, 4.69) is 22.5 Å². The Hall–Kier alpha value is -2.82. The summed E-state index contributed by atoms with van der Waals surface area (Å²) < 4.78 is 0. The Morgan fingerprint density at radius 2 is 1.88 bits per heavy atom. The van der Waals surface area contributed by atoms with Crippen LogP contribution in [0.15, 0.2) is 41.4 Å². The van der Waals surface area contributed by atoms with Gasteiger partial charge in [-0.1, -0.05) is 19.1 Å². The van der Waals surface area contributed by atoms with Gasteiger partial charge in [0.2, 0.25) is 0 Å². The summed E-state index contributed by atoms with van der Waals surface area (Å²) in [7, 11) is 3.50. The van der Waals surface area contributed by atoms with Crippen LogP contribution in [0.2, 0.25) is 0 Å². The SMILES string of the molecule is CCc1ccc(N=C(C(=O)NC)c2cc(C3CC3)c(NC)cc2N)cc1. The molecule has 1 aliphatic rings. The van der Waals surface area contributed by atoms with E-state index in [0.717, 1.165) is 17.8 Å². The molecular formula is C21H26N4O.